The van der Waals surface area contributed by atoms with Crippen LogP contribution in [0.4, 0.5) is 0 Å². The standard InChI is InChI=1S/C48H42N2O9/c1-5-55-45(51)43(46(52)56-6-2)41-31-20-15-21-32(28-31)42(44(47(53)57-7-3)48(54)58-8-4)36-25-23-34(50-36)40(30-18-13-10-14-19-30)38-27-26-37(59-38)39(29-16-11-9-12-17-29)33-22-24-35(41)49-33/h9-28,35-36H,5-8H2,1-4H3/b39-37-,40-38-. The summed E-state index contributed by atoms with van der Waals surface area (Å²) in [6.07, 6.45) is 7.23. The molecule has 1 aromatic heterocycles. The predicted molar refractivity (Wildman–Crippen MR) is 223 cm³/mol. The molecule has 59 heavy (non-hydrogen) atoms. The normalized spacial score (nSPS) is 18.4. The average molecular weight is 791 g/mol. The first kappa shape index (κ1) is 40.1. The van der Waals surface area contributed by atoms with E-state index in [9.17, 15) is 19.2 Å². The van der Waals surface area contributed by atoms with Gasteiger partial charge in [-0.3, -0.25) is 9.98 Å². The molecule has 4 aromatic rings. The number of furan rings is 1. The van der Waals surface area contributed by atoms with Crippen LogP contribution in [0.5, 0.6) is 0 Å². The number of carbonyl (C=O) groups is 4. The van der Waals surface area contributed by atoms with E-state index < -0.39 is 36.0 Å². The van der Waals surface area contributed by atoms with E-state index in [4.69, 9.17) is 33.3 Å². The van der Waals surface area contributed by atoms with E-state index in [0.29, 0.717) is 44.5 Å². The van der Waals surface area contributed by atoms with Gasteiger partial charge in [0.05, 0.1) is 49.9 Å². The van der Waals surface area contributed by atoms with E-state index in [-0.39, 0.29) is 48.7 Å². The van der Waals surface area contributed by atoms with Crippen molar-refractivity contribution in [2.45, 2.75) is 39.8 Å². The van der Waals surface area contributed by atoms with Crippen LogP contribution >= 0.6 is 0 Å². The van der Waals surface area contributed by atoms with E-state index in [1.54, 1.807) is 64.1 Å². The largest absolute Gasteiger partial charge is 0.462 e. The van der Waals surface area contributed by atoms with Gasteiger partial charge in [-0.05, 0) is 80.3 Å². The number of benzene rings is 3. The average Bonchev–Trinajstić information content (AvgIpc) is 4.03. The number of rotatable bonds is 10. The fourth-order valence-electron chi connectivity index (χ4n) is 7.30. The van der Waals surface area contributed by atoms with Gasteiger partial charge in [0.1, 0.15) is 10.8 Å². The second-order valence-electron chi connectivity index (χ2n) is 13.3. The summed E-state index contributed by atoms with van der Waals surface area (Å²) in [6, 6.07) is 28.1. The molecule has 4 heterocycles. The smallest absolute Gasteiger partial charge is 0.345 e. The second kappa shape index (κ2) is 18.0. The molecule has 0 aliphatic carbocycles. The van der Waals surface area contributed by atoms with Gasteiger partial charge in [-0.1, -0.05) is 91.0 Å². The van der Waals surface area contributed by atoms with Gasteiger partial charge in [0.15, 0.2) is 11.1 Å². The van der Waals surface area contributed by atoms with Crippen LogP contribution in [0.25, 0.3) is 22.3 Å². The minimum Gasteiger partial charge on any atom is -0.462 e. The maximum atomic E-state index is 13.9. The topological polar surface area (TPSA) is 143 Å². The first-order valence-corrected chi connectivity index (χ1v) is 19.5. The first-order valence-electron chi connectivity index (χ1n) is 19.5. The van der Waals surface area contributed by atoms with E-state index in [1.807, 2.05) is 84.9 Å². The lowest BCUT2D eigenvalue weighted by Gasteiger charge is -2.20. The summed E-state index contributed by atoms with van der Waals surface area (Å²) in [7, 11) is 0. The van der Waals surface area contributed by atoms with Crippen molar-refractivity contribution in [1.29, 1.82) is 0 Å². The van der Waals surface area contributed by atoms with Crippen LogP contribution in [0.3, 0.4) is 0 Å². The SMILES string of the molecule is CCOC(=O)C(C(=O)OCC)=C1c2cccc(c2)C(=C(C(=O)OCC)C(=O)OCC)C2C=CC(=N2)/C(c2ccccc2)=c2/cc/c(o2)=C(\c2ccccc2)C2=NC1C=C2. The van der Waals surface area contributed by atoms with Crippen LogP contribution in [0.2, 0.25) is 0 Å². The van der Waals surface area contributed by atoms with Crippen molar-refractivity contribution >= 4 is 57.6 Å². The molecule has 0 spiro atoms. The Morgan fingerprint density at radius 1 is 0.492 bits per heavy atom. The van der Waals surface area contributed by atoms with Crippen LogP contribution < -0.4 is 10.8 Å². The zero-order chi connectivity index (χ0) is 41.5. The Kier molecular flexibility index (Phi) is 12.2. The summed E-state index contributed by atoms with van der Waals surface area (Å²) in [5, 5.41) is 0. The Bertz CT molecular complexity index is 2410. The molecule has 0 saturated heterocycles. The van der Waals surface area contributed by atoms with Crippen LogP contribution in [-0.2, 0) is 38.1 Å². The number of aliphatic imine (C=N–C) groups is 2. The molecule has 7 rings (SSSR count). The molecule has 3 aliphatic heterocycles. The van der Waals surface area contributed by atoms with Crippen molar-refractivity contribution < 1.29 is 42.5 Å². The van der Waals surface area contributed by atoms with Crippen molar-refractivity contribution in [2.24, 2.45) is 9.98 Å². The van der Waals surface area contributed by atoms with E-state index in [2.05, 4.69) is 0 Å². The van der Waals surface area contributed by atoms with Gasteiger partial charge in [0.2, 0.25) is 0 Å². The van der Waals surface area contributed by atoms with Crippen LogP contribution in [0, 0.1) is 0 Å². The van der Waals surface area contributed by atoms with Crippen LogP contribution in [-0.4, -0.2) is 73.8 Å². The Morgan fingerprint density at radius 2 is 0.847 bits per heavy atom. The van der Waals surface area contributed by atoms with Crippen molar-refractivity contribution in [3.63, 3.8) is 0 Å². The molecular weight excluding hydrogens is 749 g/mol. The molecule has 0 saturated carbocycles. The summed E-state index contributed by atoms with van der Waals surface area (Å²) in [5.74, 6) is -3.58. The second-order valence-corrected chi connectivity index (χ2v) is 13.3. The summed E-state index contributed by atoms with van der Waals surface area (Å²) < 4.78 is 28.6. The molecule has 11 nitrogen and oxygen atoms in total. The fourth-order valence-corrected chi connectivity index (χ4v) is 7.30. The lowest BCUT2D eigenvalue weighted by atomic mass is 9.88. The first-order chi connectivity index (χ1) is 28.8. The van der Waals surface area contributed by atoms with Crippen molar-refractivity contribution in [1.82, 2.24) is 0 Å². The zero-order valence-corrected chi connectivity index (χ0v) is 33.1. The van der Waals surface area contributed by atoms with Crippen molar-refractivity contribution in [2.75, 3.05) is 26.4 Å². The monoisotopic (exact) mass is 790 g/mol. The van der Waals surface area contributed by atoms with Gasteiger partial charge in [-0.15, -0.1) is 0 Å². The van der Waals surface area contributed by atoms with E-state index in [1.165, 1.54) is 0 Å². The number of hydrogen-bond donors (Lipinski definition) is 0. The third-order valence-corrected chi connectivity index (χ3v) is 9.70. The maximum Gasteiger partial charge on any atom is 0.345 e. The highest BCUT2D eigenvalue weighted by molar-refractivity contribution is 6.32. The Balaban J connectivity index is 1.66. The quantitative estimate of drug-likeness (QED) is 0.0630. The van der Waals surface area contributed by atoms with Gasteiger partial charge in [-0.25, -0.2) is 19.2 Å². The summed E-state index contributed by atoms with van der Waals surface area (Å²) in [4.78, 5) is 65.8. The van der Waals surface area contributed by atoms with E-state index in [0.717, 1.165) is 11.1 Å². The van der Waals surface area contributed by atoms with Gasteiger partial charge >= 0.3 is 23.9 Å². The van der Waals surface area contributed by atoms with Crippen LogP contribution in [0.15, 0.2) is 147 Å². The summed E-state index contributed by atoms with van der Waals surface area (Å²) in [5.41, 5.74) is 5.50. The molecule has 3 aliphatic rings. The molecule has 0 amide bonds. The zero-order valence-electron chi connectivity index (χ0n) is 33.1. The molecule has 0 fully saturated rings. The number of fused-ring (bicyclic) bond motifs is 6. The molecule has 3 aromatic carbocycles. The third kappa shape index (κ3) is 8.18. The predicted octanol–water partition coefficient (Wildman–Crippen LogP) is 5.91. The Hall–Kier alpha value is -7.14. The Labute approximate surface area is 341 Å². The number of ether oxygens (including phenoxy) is 4. The minimum absolute atomic E-state index is 0.0114. The molecule has 0 N–H and O–H groups in total. The number of hydrogen-bond acceptors (Lipinski definition) is 11. The highest BCUT2D eigenvalue weighted by atomic mass is 16.6. The van der Waals surface area contributed by atoms with Gasteiger partial charge in [0.25, 0.3) is 0 Å². The van der Waals surface area contributed by atoms with Crippen LogP contribution in [0.1, 0.15) is 49.9 Å². The van der Waals surface area contributed by atoms with Gasteiger partial charge in [-0.2, -0.15) is 0 Å². The van der Waals surface area contributed by atoms with Crippen molar-refractivity contribution in [3.05, 3.63) is 166 Å². The number of esters is 4. The molecule has 11 heteroatoms. The summed E-state index contributed by atoms with van der Waals surface area (Å²) >= 11 is 0. The molecule has 2 unspecified atom stereocenters. The highest BCUT2D eigenvalue weighted by Crippen LogP contribution is 2.37. The molecule has 2 atom stereocenters. The number of allylic oxidation sites excluding steroid dienone is 2. The molecule has 0 radical (unpaired) electrons. The minimum atomic E-state index is -0.908. The molecule has 8 bridgehead atoms. The van der Waals surface area contributed by atoms with E-state index >= 15 is 0 Å². The highest BCUT2D eigenvalue weighted by Gasteiger charge is 2.35. The fraction of sp³-hybridized carbons (Fsp3) is 0.208. The number of carbonyl (C=O) groups excluding carboxylic acids is 4. The third-order valence-electron chi connectivity index (χ3n) is 9.70. The van der Waals surface area contributed by atoms with Crippen molar-refractivity contribution in [3.8, 4) is 0 Å². The maximum absolute atomic E-state index is 13.9. The summed E-state index contributed by atoms with van der Waals surface area (Å²) in [6.45, 7) is 6.52. The molecule has 298 valence electrons. The van der Waals surface area contributed by atoms with Gasteiger partial charge < -0.3 is 23.4 Å². The lowest BCUT2D eigenvalue weighted by molar-refractivity contribution is -0.148. The number of nitrogens with zero attached hydrogens (tertiary/aromatic N) is 2. The lowest BCUT2D eigenvalue weighted by Crippen LogP contribution is -2.24. The molecular formula is C48H42N2O9. The Morgan fingerprint density at radius 3 is 1.20 bits per heavy atom. The van der Waals surface area contributed by atoms with Gasteiger partial charge in [0, 0.05) is 22.3 Å².